The Bertz CT molecular complexity index is 2070. The molecule has 4 aromatic carbocycles. The van der Waals surface area contributed by atoms with Gasteiger partial charge in [0.05, 0.1) is 31.0 Å². The fourth-order valence-electron chi connectivity index (χ4n) is 8.27. The average Bonchev–Trinajstić information content (AvgIpc) is 3.56. The Balaban J connectivity index is 0.993. The Morgan fingerprint density at radius 1 is 0.891 bits per heavy atom. The molecule has 0 saturated carbocycles. The second kappa shape index (κ2) is 16.1. The van der Waals surface area contributed by atoms with Gasteiger partial charge in [0, 0.05) is 55.7 Å². The summed E-state index contributed by atoms with van der Waals surface area (Å²) >= 11 is 0. The van der Waals surface area contributed by atoms with Crippen molar-refractivity contribution in [2.45, 2.75) is 57.0 Å². The Morgan fingerprint density at radius 3 is 2.35 bits per heavy atom. The quantitative estimate of drug-likeness (QED) is 0.151. The summed E-state index contributed by atoms with van der Waals surface area (Å²) in [6.45, 7) is 5.34. The number of nitrogens with zero attached hydrogens (tertiary/aromatic N) is 3. The van der Waals surface area contributed by atoms with Crippen molar-refractivity contribution >= 4 is 17.5 Å². The minimum Gasteiger partial charge on any atom is -0.392 e. The maximum atomic E-state index is 13.3. The number of amides is 2. The summed E-state index contributed by atoms with van der Waals surface area (Å²) in [5.74, 6) is -0.0223. The fourth-order valence-corrected chi connectivity index (χ4v) is 8.27. The molecule has 8 rings (SSSR count). The number of piperidine rings is 1. The maximum absolute atomic E-state index is 13.3. The minimum absolute atomic E-state index is 0.0156. The van der Waals surface area contributed by atoms with E-state index < -0.39 is 11.8 Å². The summed E-state index contributed by atoms with van der Waals surface area (Å²) in [7, 11) is 0. The van der Waals surface area contributed by atoms with Gasteiger partial charge in [-0.25, -0.2) is 0 Å². The van der Waals surface area contributed by atoms with E-state index in [1.165, 1.54) is 0 Å². The summed E-state index contributed by atoms with van der Waals surface area (Å²) in [6, 6.07) is 38.0. The lowest BCUT2D eigenvalue weighted by Crippen LogP contribution is -2.57. The number of carbonyl (C=O) groups is 2. The highest BCUT2D eigenvalue weighted by atomic mass is 16.7. The van der Waals surface area contributed by atoms with Crippen LogP contribution in [0.3, 0.4) is 0 Å². The number of para-hydroxylation sites is 1. The largest absolute Gasteiger partial charge is 0.392 e. The molecule has 3 fully saturated rings. The van der Waals surface area contributed by atoms with E-state index in [1.807, 2.05) is 60.7 Å². The lowest BCUT2D eigenvalue weighted by molar-refractivity contribution is -0.276. The van der Waals surface area contributed by atoms with E-state index in [1.54, 1.807) is 24.5 Å². The van der Waals surface area contributed by atoms with Crippen molar-refractivity contribution in [2.24, 2.45) is 5.92 Å². The van der Waals surface area contributed by atoms with Gasteiger partial charge in [-0.15, -0.1) is 0 Å². The monoisotopic (exact) mass is 737 g/mol. The molecule has 5 aromatic rings. The highest BCUT2D eigenvalue weighted by molar-refractivity contribution is 5.94. The molecule has 0 aliphatic carbocycles. The molecule has 1 aromatic heterocycles. The lowest BCUT2D eigenvalue weighted by atomic mass is 9.84. The predicted octanol–water partition coefficient (Wildman–Crippen LogP) is 6.39. The summed E-state index contributed by atoms with van der Waals surface area (Å²) in [6.07, 6.45) is 3.71. The van der Waals surface area contributed by atoms with Gasteiger partial charge in [-0.2, -0.15) is 0 Å². The number of hydrogen-bond donors (Lipinski definition) is 3. The number of hydrogen-bond acceptors (Lipinski definition) is 8. The molecular formula is C45H47N5O5. The molecule has 0 unspecified atom stereocenters. The van der Waals surface area contributed by atoms with Crippen molar-refractivity contribution < 1.29 is 24.2 Å². The molecule has 55 heavy (non-hydrogen) atoms. The van der Waals surface area contributed by atoms with Crippen LogP contribution in [0.5, 0.6) is 0 Å². The predicted molar refractivity (Wildman–Crippen MR) is 211 cm³/mol. The van der Waals surface area contributed by atoms with Crippen LogP contribution < -0.4 is 15.5 Å². The van der Waals surface area contributed by atoms with Crippen LogP contribution in [-0.2, 0) is 27.4 Å². The smallest absolute Gasteiger partial charge is 0.253 e. The first-order chi connectivity index (χ1) is 26.9. The van der Waals surface area contributed by atoms with Crippen LogP contribution >= 0.6 is 0 Å². The van der Waals surface area contributed by atoms with Crippen LogP contribution in [0.1, 0.15) is 64.8 Å². The number of anilines is 1. The van der Waals surface area contributed by atoms with Crippen LogP contribution in [0.2, 0.25) is 0 Å². The van der Waals surface area contributed by atoms with Crippen LogP contribution in [0.25, 0.3) is 11.1 Å². The molecule has 1 spiro atoms. The Labute approximate surface area is 322 Å². The van der Waals surface area contributed by atoms with Crippen molar-refractivity contribution in [2.75, 3.05) is 31.2 Å². The molecule has 4 heterocycles. The van der Waals surface area contributed by atoms with Crippen molar-refractivity contribution in [3.8, 4) is 11.1 Å². The summed E-state index contributed by atoms with van der Waals surface area (Å²) < 4.78 is 13.6. The molecule has 3 aliphatic rings. The number of aliphatic hydroxyl groups excluding tert-OH is 1. The van der Waals surface area contributed by atoms with Gasteiger partial charge < -0.3 is 35.0 Å². The van der Waals surface area contributed by atoms with Crippen LogP contribution in [-0.4, -0.2) is 64.8 Å². The van der Waals surface area contributed by atoms with Gasteiger partial charge in [-0.3, -0.25) is 14.6 Å². The minimum atomic E-state index is -0.600. The van der Waals surface area contributed by atoms with Gasteiger partial charge in [0.25, 0.3) is 5.91 Å². The van der Waals surface area contributed by atoms with Gasteiger partial charge in [0.2, 0.25) is 5.91 Å². The van der Waals surface area contributed by atoms with E-state index in [4.69, 9.17) is 9.47 Å². The first kappa shape index (κ1) is 36.6. The number of aromatic nitrogens is 1. The van der Waals surface area contributed by atoms with Gasteiger partial charge >= 0.3 is 0 Å². The molecule has 10 nitrogen and oxygen atoms in total. The molecule has 0 radical (unpaired) electrons. The molecule has 282 valence electrons. The SMILES string of the molecule is C[C@@H]1[C@H](CN2CCC3(CC2)C(=O)NCN3c2ccccc2)O[C@H](c2ccc(-c3ccccc3CNC(=O)c3cccnc3)cc2)O[C@@H]1c1ccc(CO)cc1. The lowest BCUT2D eigenvalue weighted by Gasteiger charge is -2.46. The topological polar surface area (TPSA) is 116 Å². The molecule has 10 heteroatoms. The van der Waals surface area contributed by atoms with Crippen LogP contribution in [0, 0.1) is 5.92 Å². The van der Waals surface area contributed by atoms with E-state index >= 15 is 0 Å². The number of ether oxygens (including phenoxy) is 2. The average molecular weight is 738 g/mol. The normalized spacial score (nSPS) is 22.4. The van der Waals surface area contributed by atoms with E-state index in [0.29, 0.717) is 25.3 Å². The molecular weight excluding hydrogens is 691 g/mol. The number of rotatable bonds is 10. The van der Waals surface area contributed by atoms with E-state index in [9.17, 15) is 14.7 Å². The van der Waals surface area contributed by atoms with E-state index in [-0.39, 0.29) is 36.5 Å². The second-order valence-corrected chi connectivity index (χ2v) is 14.8. The zero-order valence-corrected chi connectivity index (χ0v) is 31.0. The number of aliphatic hydroxyl groups is 1. The third-order valence-corrected chi connectivity index (χ3v) is 11.5. The number of pyridine rings is 1. The van der Waals surface area contributed by atoms with E-state index in [0.717, 1.165) is 65.0 Å². The molecule has 4 atom stereocenters. The van der Waals surface area contributed by atoms with Gasteiger partial charge in [-0.1, -0.05) is 97.9 Å². The van der Waals surface area contributed by atoms with Crippen molar-refractivity contribution in [3.05, 3.63) is 155 Å². The summed E-state index contributed by atoms with van der Waals surface area (Å²) in [5, 5.41) is 15.8. The summed E-state index contributed by atoms with van der Waals surface area (Å²) in [4.78, 5) is 34.8. The molecule has 3 N–H and O–H groups in total. The molecule has 2 amide bonds. The Morgan fingerprint density at radius 2 is 1.62 bits per heavy atom. The molecule has 3 saturated heterocycles. The molecule has 3 aliphatic heterocycles. The maximum Gasteiger partial charge on any atom is 0.253 e. The van der Waals surface area contributed by atoms with Gasteiger partial charge in [0.15, 0.2) is 6.29 Å². The zero-order valence-electron chi connectivity index (χ0n) is 31.0. The third-order valence-electron chi connectivity index (χ3n) is 11.5. The Hall–Kier alpha value is -5.39. The first-order valence-electron chi connectivity index (χ1n) is 19.1. The van der Waals surface area contributed by atoms with Crippen LogP contribution in [0.4, 0.5) is 5.69 Å². The highest BCUT2D eigenvalue weighted by Crippen LogP contribution is 2.43. The number of likely N-dealkylation sites (tertiary alicyclic amines) is 1. The van der Waals surface area contributed by atoms with E-state index in [2.05, 4.69) is 74.8 Å². The fraction of sp³-hybridized carbons (Fsp3) is 0.311. The summed E-state index contributed by atoms with van der Waals surface area (Å²) in [5.41, 5.74) is 6.90. The molecule has 0 bridgehead atoms. The van der Waals surface area contributed by atoms with Gasteiger partial charge in [0.1, 0.15) is 5.54 Å². The number of nitrogens with one attached hydrogen (secondary N) is 2. The number of carbonyl (C=O) groups excluding carboxylic acids is 2. The number of benzene rings is 4. The van der Waals surface area contributed by atoms with Crippen LogP contribution in [0.15, 0.2) is 128 Å². The van der Waals surface area contributed by atoms with Crippen molar-refractivity contribution in [3.63, 3.8) is 0 Å². The van der Waals surface area contributed by atoms with Gasteiger partial charge in [-0.05, 0) is 64.9 Å². The highest BCUT2D eigenvalue weighted by Gasteiger charge is 2.51. The standard InChI is InChI=1S/C45H47N5O5/c1-31-40(28-49-24-21-45(22-25-49)44(53)48-30-50(45)38-10-3-2-4-11-38)54-43(55-41(31)34-15-13-32(29-51)14-16-34)35-19-17-33(18-20-35)39-12-6-5-8-36(39)27-47-42(52)37-9-7-23-46-26-37/h2-20,23,26,31,40-41,43,51H,21-22,24-25,27-30H2,1H3,(H,47,52)(H,48,53)/t31-,40+,41+,43+/m1/s1. The zero-order chi connectivity index (χ0) is 37.8. The second-order valence-electron chi connectivity index (χ2n) is 14.8. The Kier molecular flexibility index (Phi) is 10.7. The first-order valence-corrected chi connectivity index (χ1v) is 19.1. The van der Waals surface area contributed by atoms with Crippen molar-refractivity contribution in [1.82, 2.24) is 20.5 Å². The van der Waals surface area contributed by atoms with Crippen molar-refractivity contribution in [1.29, 1.82) is 0 Å². The third kappa shape index (κ3) is 7.63.